The fourth-order valence-corrected chi connectivity index (χ4v) is 2.56. The number of H-pyrrole nitrogens is 1. The fraction of sp³-hybridized carbons (Fsp3) is 0.500. The molecule has 1 saturated heterocycles. The van der Waals surface area contributed by atoms with Gasteiger partial charge in [-0.15, -0.1) is 0 Å². The van der Waals surface area contributed by atoms with Gasteiger partial charge in [-0.25, -0.2) is 14.6 Å². The first-order valence-electron chi connectivity index (χ1n) is 9.47. The molecule has 0 aliphatic carbocycles. The van der Waals surface area contributed by atoms with Crippen LogP contribution in [0.4, 0.5) is 32.2 Å². The average Bonchev–Trinajstić information content (AvgIpc) is 3.23. The molecule has 0 saturated carbocycles. The molecule has 1 aliphatic heterocycles. The summed E-state index contributed by atoms with van der Waals surface area (Å²) >= 11 is 0. The lowest BCUT2D eigenvalue weighted by Gasteiger charge is -2.35. The zero-order chi connectivity index (χ0) is 26.1. The number of carboxylic acid groups (broad SMARTS) is 2. The summed E-state index contributed by atoms with van der Waals surface area (Å²) in [5.41, 5.74) is 3.16. The van der Waals surface area contributed by atoms with Crippen molar-refractivity contribution in [3.63, 3.8) is 0 Å². The highest BCUT2D eigenvalue weighted by Gasteiger charge is 2.38. The highest BCUT2D eigenvalue weighted by Crippen LogP contribution is 2.18. The Morgan fingerprint density at radius 3 is 1.91 bits per heavy atom. The molecule has 0 atom stereocenters. The first-order valence-corrected chi connectivity index (χ1v) is 9.47. The summed E-state index contributed by atoms with van der Waals surface area (Å²) in [6, 6.07) is 2.03. The number of anilines is 1. The van der Waals surface area contributed by atoms with Gasteiger partial charge in [0.15, 0.2) is 0 Å². The van der Waals surface area contributed by atoms with Crippen LogP contribution in [-0.4, -0.2) is 85.7 Å². The highest BCUT2D eigenvalue weighted by atomic mass is 19.4. The number of halogens is 6. The van der Waals surface area contributed by atoms with Crippen LogP contribution >= 0.6 is 0 Å². The number of aryl methyl sites for hydroxylation is 2. The van der Waals surface area contributed by atoms with Crippen LogP contribution in [0.5, 0.6) is 0 Å². The minimum atomic E-state index is -5.08. The number of carboxylic acids is 2. The summed E-state index contributed by atoms with van der Waals surface area (Å²) in [5.74, 6) is -4.48. The van der Waals surface area contributed by atoms with Gasteiger partial charge in [-0.2, -0.15) is 31.4 Å². The van der Waals surface area contributed by atoms with Gasteiger partial charge in [-0.1, -0.05) is 0 Å². The molecule has 0 radical (unpaired) electrons. The normalized spacial score (nSPS) is 14.4. The van der Waals surface area contributed by atoms with Crippen molar-refractivity contribution >= 4 is 17.8 Å². The summed E-state index contributed by atoms with van der Waals surface area (Å²) < 4.78 is 63.5. The molecule has 3 rings (SSSR count). The van der Waals surface area contributed by atoms with Gasteiger partial charge < -0.3 is 15.1 Å². The molecule has 2 aromatic rings. The van der Waals surface area contributed by atoms with E-state index < -0.39 is 24.3 Å². The Balaban J connectivity index is 0.000000343. The van der Waals surface area contributed by atoms with Crippen LogP contribution in [0.25, 0.3) is 0 Å². The van der Waals surface area contributed by atoms with Gasteiger partial charge in [0.1, 0.15) is 5.82 Å². The van der Waals surface area contributed by atoms with Crippen molar-refractivity contribution < 1.29 is 46.1 Å². The maximum absolute atomic E-state index is 10.6. The maximum atomic E-state index is 10.6. The second-order valence-corrected chi connectivity index (χ2v) is 6.87. The summed E-state index contributed by atoms with van der Waals surface area (Å²) in [4.78, 5) is 31.6. The first-order chi connectivity index (χ1) is 15.6. The number of rotatable bonds is 3. The van der Waals surface area contributed by atoms with Crippen LogP contribution in [0.1, 0.15) is 17.1 Å². The molecule has 1 aliphatic rings. The number of aliphatic carboxylic acids is 2. The second kappa shape index (κ2) is 12.2. The number of aromatic nitrogens is 4. The van der Waals surface area contributed by atoms with E-state index in [-0.39, 0.29) is 0 Å². The molecule has 3 N–H and O–H groups in total. The summed E-state index contributed by atoms with van der Waals surface area (Å²) in [6.07, 6.45) is -6.54. The number of nitrogens with zero attached hydrogens (tertiary/aromatic N) is 5. The van der Waals surface area contributed by atoms with Crippen LogP contribution in [0.3, 0.4) is 0 Å². The highest BCUT2D eigenvalue weighted by molar-refractivity contribution is 5.73. The number of piperazine rings is 1. The molecule has 190 valence electrons. The molecule has 2 aromatic heterocycles. The lowest BCUT2D eigenvalue weighted by molar-refractivity contribution is -0.193. The number of hydrogen-bond acceptors (Lipinski definition) is 7. The molecular formula is C18H22F6N6O4. The molecule has 0 bridgehead atoms. The molecule has 3 heterocycles. The number of nitrogens with one attached hydrogen (secondary N) is 1. The third-order valence-electron chi connectivity index (χ3n) is 4.16. The monoisotopic (exact) mass is 500 g/mol. The third-order valence-corrected chi connectivity index (χ3v) is 4.16. The van der Waals surface area contributed by atoms with Crippen molar-refractivity contribution in [2.75, 3.05) is 31.1 Å². The number of aromatic amines is 1. The van der Waals surface area contributed by atoms with Crippen molar-refractivity contribution in [1.82, 2.24) is 25.1 Å². The van der Waals surface area contributed by atoms with E-state index in [0.717, 1.165) is 49.9 Å². The topological polar surface area (TPSA) is 136 Å². The Morgan fingerprint density at radius 2 is 1.50 bits per heavy atom. The number of carbonyl (C=O) groups is 2. The predicted molar refractivity (Wildman–Crippen MR) is 105 cm³/mol. The quantitative estimate of drug-likeness (QED) is 0.543. The zero-order valence-corrected chi connectivity index (χ0v) is 18.0. The SMILES string of the molecule is Cc1cnc(C)c(N2CCN(Cc3ccn[nH]3)CC2)n1.O=C(O)C(F)(F)F.O=C(O)C(F)(F)F. The summed E-state index contributed by atoms with van der Waals surface area (Å²) in [6.45, 7) is 9.01. The smallest absolute Gasteiger partial charge is 0.475 e. The van der Waals surface area contributed by atoms with Gasteiger partial charge in [-0.3, -0.25) is 15.0 Å². The van der Waals surface area contributed by atoms with E-state index in [2.05, 4.69) is 30.0 Å². The Labute approximate surface area is 189 Å². The van der Waals surface area contributed by atoms with E-state index >= 15 is 0 Å². The first kappa shape index (κ1) is 28.6. The van der Waals surface area contributed by atoms with E-state index in [4.69, 9.17) is 19.8 Å². The van der Waals surface area contributed by atoms with E-state index in [9.17, 15) is 26.3 Å². The predicted octanol–water partition coefficient (Wildman–Crippen LogP) is 2.41. The lowest BCUT2D eigenvalue weighted by Crippen LogP contribution is -2.46. The number of alkyl halides is 6. The molecule has 10 nitrogen and oxygen atoms in total. The van der Waals surface area contributed by atoms with Crippen molar-refractivity contribution in [1.29, 1.82) is 0 Å². The molecule has 16 heteroatoms. The van der Waals surface area contributed by atoms with Crippen LogP contribution < -0.4 is 4.90 Å². The molecule has 1 fully saturated rings. The minimum absolute atomic E-state index is 0.937. The standard InChI is InChI=1S/C14H20N6.2C2HF3O2/c1-11-9-15-12(2)14(17-11)20-7-5-19(6-8-20)10-13-3-4-16-18-13;2*3-2(4,5)1(6)7/h3-4,9H,5-8,10H2,1-2H3,(H,16,18);2*(H,6,7). The van der Waals surface area contributed by atoms with Crippen molar-refractivity contribution in [3.05, 3.63) is 35.5 Å². The number of hydrogen-bond donors (Lipinski definition) is 3. The maximum Gasteiger partial charge on any atom is 0.490 e. The lowest BCUT2D eigenvalue weighted by atomic mass is 10.2. The summed E-state index contributed by atoms with van der Waals surface area (Å²) in [5, 5.41) is 21.3. The van der Waals surface area contributed by atoms with Gasteiger partial charge in [0.05, 0.1) is 11.4 Å². The van der Waals surface area contributed by atoms with E-state index in [1.54, 1.807) is 6.20 Å². The zero-order valence-electron chi connectivity index (χ0n) is 18.0. The van der Waals surface area contributed by atoms with Crippen LogP contribution in [0.15, 0.2) is 18.5 Å². The van der Waals surface area contributed by atoms with Gasteiger partial charge in [0, 0.05) is 50.8 Å². The Kier molecular flexibility index (Phi) is 10.2. The van der Waals surface area contributed by atoms with Crippen molar-refractivity contribution in [3.8, 4) is 0 Å². The third kappa shape index (κ3) is 10.0. The van der Waals surface area contributed by atoms with Crippen molar-refractivity contribution in [2.45, 2.75) is 32.7 Å². The Morgan fingerprint density at radius 1 is 1.00 bits per heavy atom. The molecule has 0 aromatic carbocycles. The van der Waals surface area contributed by atoms with E-state index in [0.29, 0.717) is 0 Å². The average molecular weight is 500 g/mol. The fourth-order valence-electron chi connectivity index (χ4n) is 2.56. The van der Waals surface area contributed by atoms with Crippen LogP contribution in [0.2, 0.25) is 0 Å². The Hall–Kier alpha value is -3.43. The Bertz CT molecular complexity index is 904. The van der Waals surface area contributed by atoms with E-state index in [1.165, 1.54) is 5.69 Å². The summed E-state index contributed by atoms with van der Waals surface area (Å²) in [7, 11) is 0. The van der Waals surface area contributed by atoms with Crippen LogP contribution in [0, 0.1) is 13.8 Å². The van der Waals surface area contributed by atoms with Gasteiger partial charge >= 0.3 is 24.3 Å². The molecule has 34 heavy (non-hydrogen) atoms. The second-order valence-electron chi connectivity index (χ2n) is 6.87. The molecular weight excluding hydrogens is 478 g/mol. The largest absolute Gasteiger partial charge is 0.490 e. The van der Waals surface area contributed by atoms with Gasteiger partial charge in [0.2, 0.25) is 0 Å². The minimum Gasteiger partial charge on any atom is -0.475 e. The van der Waals surface area contributed by atoms with Gasteiger partial charge in [0.25, 0.3) is 0 Å². The molecule has 0 spiro atoms. The van der Waals surface area contributed by atoms with E-state index in [1.807, 2.05) is 26.1 Å². The van der Waals surface area contributed by atoms with Crippen molar-refractivity contribution in [2.24, 2.45) is 0 Å². The molecule has 0 unspecified atom stereocenters. The van der Waals surface area contributed by atoms with Gasteiger partial charge in [-0.05, 0) is 19.9 Å². The molecule has 0 amide bonds. The van der Waals surface area contributed by atoms with Crippen LogP contribution in [-0.2, 0) is 16.1 Å².